The van der Waals surface area contributed by atoms with Crippen LogP contribution in [0.5, 0.6) is 0 Å². The molecule has 4 nitrogen and oxygen atoms in total. The van der Waals surface area contributed by atoms with E-state index < -0.39 is 5.54 Å². The number of benzene rings is 1. The number of nitrogens with zero attached hydrogens (tertiary/aromatic N) is 1. The van der Waals surface area contributed by atoms with Crippen molar-refractivity contribution in [1.82, 2.24) is 10.2 Å². The minimum atomic E-state index is -0.973. The van der Waals surface area contributed by atoms with Crippen LogP contribution in [-0.2, 0) is 10.3 Å². The lowest BCUT2D eigenvalue weighted by Crippen LogP contribution is -2.49. The normalized spacial score (nSPS) is 22.0. The Balaban J connectivity index is 1.75. The minimum Gasteiger partial charge on any atom is -0.354 e. The molecule has 2 atom stereocenters. The number of hydrogen-bond donors (Lipinski definition) is 2. The summed E-state index contributed by atoms with van der Waals surface area (Å²) in [7, 11) is 0. The molecule has 1 heterocycles. The zero-order valence-corrected chi connectivity index (χ0v) is 13.8. The van der Waals surface area contributed by atoms with Gasteiger partial charge in [-0.1, -0.05) is 36.8 Å². The topological polar surface area (TPSA) is 58.4 Å². The fourth-order valence-electron chi connectivity index (χ4n) is 3.07. The number of carbonyl (C=O) groups is 1. The van der Waals surface area contributed by atoms with Crippen molar-refractivity contribution >= 4 is 5.91 Å². The first-order valence-electron chi connectivity index (χ1n) is 8.38. The second kappa shape index (κ2) is 7.75. The van der Waals surface area contributed by atoms with Gasteiger partial charge in [-0.05, 0) is 45.2 Å². The molecule has 0 spiro atoms. The van der Waals surface area contributed by atoms with E-state index in [0.717, 1.165) is 18.5 Å². The summed E-state index contributed by atoms with van der Waals surface area (Å²) in [5.74, 6) is -0.106. The molecule has 1 saturated heterocycles. The minimum absolute atomic E-state index is 0.106. The van der Waals surface area contributed by atoms with Crippen LogP contribution in [0.3, 0.4) is 0 Å². The third-order valence-electron chi connectivity index (χ3n) is 4.69. The summed E-state index contributed by atoms with van der Waals surface area (Å²) in [6, 6.07) is 10.2. The van der Waals surface area contributed by atoms with Crippen LogP contribution in [0.2, 0.25) is 0 Å². The molecule has 1 aromatic carbocycles. The van der Waals surface area contributed by atoms with E-state index in [9.17, 15) is 4.79 Å². The van der Waals surface area contributed by atoms with E-state index >= 15 is 0 Å². The summed E-state index contributed by atoms with van der Waals surface area (Å²) in [4.78, 5) is 14.9. The van der Waals surface area contributed by atoms with Crippen molar-refractivity contribution in [2.24, 2.45) is 5.73 Å². The van der Waals surface area contributed by atoms with Crippen molar-refractivity contribution in [3.05, 3.63) is 35.9 Å². The highest BCUT2D eigenvalue weighted by atomic mass is 16.2. The smallest absolute Gasteiger partial charge is 0.244 e. The van der Waals surface area contributed by atoms with E-state index in [2.05, 4.69) is 17.1 Å². The Morgan fingerprint density at radius 2 is 2.09 bits per heavy atom. The lowest BCUT2D eigenvalue weighted by atomic mass is 9.92. The molecule has 2 unspecified atom stereocenters. The SMILES string of the molecule is CC1CCCCN1CCCNC(=O)C(C)(N)c1ccccc1. The molecular formula is C18H29N3O. The maximum Gasteiger partial charge on any atom is 0.244 e. The molecule has 1 aliphatic heterocycles. The molecule has 1 aliphatic rings. The molecule has 0 bridgehead atoms. The zero-order chi connectivity index (χ0) is 16.0. The van der Waals surface area contributed by atoms with Crippen LogP contribution >= 0.6 is 0 Å². The largest absolute Gasteiger partial charge is 0.354 e. The first-order chi connectivity index (χ1) is 10.5. The molecule has 1 aromatic rings. The maximum absolute atomic E-state index is 12.3. The van der Waals surface area contributed by atoms with Gasteiger partial charge in [0.05, 0.1) is 0 Å². The van der Waals surface area contributed by atoms with Gasteiger partial charge in [0.1, 0.15) is 5.54 Å². The fraction of sp³-hybridized carbons (Fsp3) is 0.611. The second-order valence-corrected chi connectivity index (χ2v) is 6.56. The number of nitrogens with two attached hydrogens (primary N) is 1. The van der Waals surface area contributed by atoms with Crippen molar-refractivity contribution < 1.29 is 4.79 Å². The summed E-state index contributed by atoms with van der Waals surface area (Å²) < 4.78 is 0. The molecule has 0 saturated carbocycles. The Labute approximate surface area is 134 Å². The highest BCUT2D eigenvalue weighted by Crippen LogP contribution is 2.18. The average Bonchev–Trinajstić information content (AvgIpc) is 2.53. The van der Waals surface area contributed by atoms with Gasteiger partial charge in [0.2, 0.25) is 5.91 Å². The van der Waals surface area contributed by atoms with E-state index in [-0.39, 0.29) is 5.91 Å². The molecule has 2 rings (SSSR count). The molecule has 4 heteroatoms. The Hall–Kier alpha value is -1.39. The Bertz CT molecular complexity index is 472. The standard InChI is InChI=1S/C18H29N3O/c1-15-9-6-7-13-21(15)14-8-12-20-17(22)18(2,19)16-10-4-3-5-11-16/h3-5,10-11,15H,6-9,12-14,19H2,1-2H3,(H,20,22). The molecule has 0 radical (unpaired) electrons. The van der Waals surface area contributed by atoms with Gasteiger partial charge >= 0.3 is 0 Å². The molecule has 1 amide bonds. The van der Waals surface area contributed by atoms with Gasteiger partial charge in [0.15, 0.2) is 0 Å². The van der Waals surface area contributed by atoms with E-state index in [1.54, 1.807) is 6.92 Å². The van der Waals surface area contributed by atoms with Gasteiger partial charge in [-0.3, -0.25) is 4.79 Å². The first-order valence-corrected chi connectivity index (χ1v) is 8.38. The summed E-state index contributed by atoms with van der Waals surface area (Å²) >= 11 is 0. The molecule has 1 fully saturated rings. The van der Waals surface area contributed by atoms with E-state index in [1.165, 1.54) is 25.8 Å². The third kappa shape index (κ3) is 4.31. The molecule has 22 heavy (non-hydrogen) atoms. The van der Waals surface area contributed by atoms with Crippen molar-refractivity contribution in [2.45, 2.75) is 51.1 Å². The fourth-order valence-corrected chi connectivity index (χ4v) is 3.07. The van der Waals surface area contributed by atoms with Crippen LogP contribution in [-0.4, -0.2) is 36.5 Å². The predicted octanol–water partition coefficient (Wildman–Crippen LogP) is 2.24. The van der Waals surface area contributed by atoms with Crippen molar-refractivity contribution in [2.75, 3.05) is 19.6 Å². The summed E-state index contributed by atoms with van der Waals surface area (Å²) in [6.45, 7) is 6.98. The number of carbonyl (C=O) groups excluding carboxylic acids is 1. The van der Waals surface area contributed by atoms with Gasteiger partial charge in [-0.2, -0.15) is 0 Å². The summed E-state index contributed by atoms with van der Waals surface area (Å²) in [5, 5.41) is 2.99. The maximum atomic E-state index is 12.3. The van der Waals surface area contributed by atoms with Crippen molar-refractivity contribution in [3.63, 3.8) is 0 Å². The number of rotatable bonds is 6. The quantitative estimate of drug-likeness (QED) is 0.792. The Kier molecular flexibility index (Phi) is 5.98. The molecule has 3 N–H and O–H groups in total. The lowest BCUT2D eigenvalue weighted by Gasteiger charge is -2.33. The van der Waals surface area contributed by atoms with E-state index in [4.69, 9.17) is 5.73 Å². The zero-order valence-electron chi connectivity index (χ0n) is 13.8. The number of nitrogens with one attached hydrogen (secondary N) is 1. The van der Waals surface area contributed by atoms with Crippen molar-refractivity contribution in [1.29, 1.82) is 0 Å². The van der Waals surface area contributed by atoms with Gasteiger partial charge in [-0.15, -0.1) is 0 Å². The highest BCUT2D eigenvalue weighted by Gasteiger charge is 2.29. The Morgan fingerprint density at radius 3 is 2.77 bits per heavy atom. The highest BCUT2D eigenvalue weighted by molar-refractivity contribution is 5.86. The van der Waals surface area contributed by atoms with Crippen molar-refractivity contribution in [3.8, 4) is 0 Å². The molecule has 0 aliphatic carbocycles. The van der Waals surface area contributed by atoms with E-state index in [1.807, 2.05) is 30.3 Å². The van der Waals surface area contributed by atoms with E-state index in [0.29, 0.717) is 12.6 Å². The van der Waals surface area contributed by atoms with Crippen LogP contribution in [0.4, 0.5) is 0 Å². The number of likely N-dealkylation sites (tertiary alicyclic amines) is 1. The average molecular weight is 303 g/mol. The van der Waals surface area contributed by atoms with Crippen LogP contribution in [0.15, 0.2) is 30.3 Å². The van der Waals surface area contributed by atoms with Gasteiger partial charge in [0, 0.05) is 19.1 Å². The van der Waals surface area contributed by atoms with Gasteiger partial charge in [0.25, 0.3) is 0 Å². The summed E-state index contributed by atoms with van der Waals surface area (Å²) in [5.41, 5.74) is 6.08. The van der Waals surface area contributed by atoms with Crippen LogP contribution in [0, 0.1) is 0 Å². The van der Waals surface area contributed by atoms with Gasteiger partial charge < -0.3 is 16.0 Å². The predicted molar refractivity (Wildman–Crippen MR) is 90.5 cm³/mol. The number of piperidine rings is 1. The molecule has 0 aromatic heterocycles. The molecule has 122 valence electrons. The van der Waals surface area contributed by atoms with Crippen LogP contribution in [0.1, 0.15) is 45.1 Å². The van der Waals surface area contributed by atoms with Gasteiger partial charge in [-0.25, -0.2) is 0 Å². The lowest BCUT2D eigenvalue weighted by molar-refractivity contribution is -0.126. The second-order valence-electron chi connectivity index (χ2n) is 6.56. The number of amides is 1. The van der Waals surface area contributed by atoms with Crippen LogP contribution < -0.4 is 11.1 Å². The van der Waals surface area contributed by atoms with Crippen LogP contribution in [0.25, 0.3) is 0 Å². The molecular weight excluding hydrogens is 274 g/mol. The Morgan fingerprint density at radius 1 is 1.36 bits per heavy atom. The number of hydrogen-bond acceptors (Lipinski definition) is 3. The summed E-state index contributed by atoms with van der Waals surface area (Å²) in [6.07, 6.45) is 4.91. The first kappa shape index (κ1) is 17.0. The monoisotopic (exact) mass is 303 g/mol. The third-order valence-corrected chi connectivity index (χ3v) is 4.69.